The quantitative estimate of drug-likeness (QED) is 0.877. The van der Waals surface area contributed by atoms with Gasteiger partial charge in [0.2, 0.25) is 0 Å². The van der Waals surface area contributed by atoms with Crippen LogP contribution in [0.5, 0.6) is 0 Å². The van der Waals surface area contributed by atoms with Crippen molar-refractivity contribution in [2.24, 2.45) is 5.73 Å². The van der Waals surface area contributed by atoms with Gasteiger partial charge in [-0.3, -0.25) is 4.90 Å². The molecule has 0 aliphatic carbocycles. The van der Waals surface area contributed by atoms with Crippen LogP contribution in [-0.4, -0.2) is 30.0 Å². The Bertz CT molecular complexity index is 523. The molecule has 0 aromatic heterocycles. The molecule has 5 nitrogen and oxygen atoms in total. The number of benzene rings is 1. The molecule has 1 amide bonds. The number of carbonyl (C=O) groups is 1. The monoisotopic (exact) mass is 292 g/mol. The maximum Gasteiger partial charge on any atom is 0.414 e. The number of nitrogens with zero attached hydrogens (tertiary/aromatic N) is 1. The number of amides is 1. The van der Waals surface area contributed by atoms with Crippen molar-refractivity contribution < 1.29 is 14.6 Å². The Hall–Kier alpha value is -1.59. The molecule has 5 heteroatoms. The van der Waals surface area contributed by atoms with Crippen LogP contribution >= 0.6 is 0 Å². The van der Waals surface area contributed by atoms with Gasteiger partial charge in [0.25, 0.3) is 0 Å². The summed E-state index contributed by atoms with van der Waals surface area (Å²) in [6.45, 7) is 6.15. The van der Waals surface area contributed by atoms with Crippen molar-refractivity contribution in [3.8, 4) is 0 Å². The van der Waals surface area contributed by atoms with E-state index >= 15 is 0 Å². The zero-order chi connectivity index (χ0) is 15.6. The first-order valence-corrected chi connectivity index (χ1v) is 7.31. The predicted octanol–water partition coefficient (Wildman–Crippen LogP) is 2.37. The van der Waals surface area contributed by atoms with E-state index in [0.29, 0.717) is 6.54 Å². The number of aryl methyl sites for hydroxylation is 1. The summed E-state index contributed by atoms with van der Waals surface area (Å²) >= 11 is 0. The number of hydrogen-bond acceptors (Lipinski definition) is 4. The molecule has 0 fully saturated rings. The third-order valence-corrected chi connectivity index (χ3v) is 3.46. The van der Waals surface area contributed by atoms with Gasteiger partial charge in [0.15, 0.2) is 0 Å². The lowest BCUT2D eigenvalue weighted by molar-refractivity contribution is 0.0578. The normalized spacial score (nSPS) is 16.3. The first-order chi connectivity index (χ1) is 9.81. The topological polar surface area (TPSA) is 75.8 Å². The van der Waals surface area contributed by atoms with E-state index in [4.69, 9.17) is 15.6 Å². The Labute approximate surface area is 125 Å². The molecule has 0 saturated heterocycles. The molecule has 0 spiro atoms. The number of rotatable bonds is 2. The summed E-state index contributed by atoms with van der Waals surface area (Å²) in [5.74, 6) is 0. The SMILES string of the molecule is CC(C)(C)OC(=O)N1CCCc2cc(C(N)CO)ccc21. The van der Waals surface area contributed by atoms with E-state index in [1.54, 1.807) is 4.90 Å². The second kappa shape index (κ2) is 6.03. The number of carbonyl (C=O) groups excluding carboxylic acids is 1. The second-order valence-electron chi connectivity index (χ2n) is 6.41. The van der Waals surface area contributed by atoms with Crippen LogP contribution in [0.4, 0.5) is 10.5 Å². The van der Waals surface area contributed by atoms with E-state index in [-0.39, 0.29) is 18.7 Å². The Balaban J connectivity index is 2.25. The molecule has 0 bridgehead atoms. The van der Waals surface area contributed by atoms with Crippen LogP contribution in [0.1, 0.15) is 44.4 Å². The summed E-state index contributed by atoms with van der Waals surface area (Å²) in [7, 11) is 0. The van der Waals surface area contributed by atoms with Crippen LogP contribution in [0.25, 0.3) is 0 Å². The van der Waals surface area contributed by atoms with Crippen LogP contribution in [0, 0.1) is 0 Å². The van der Waals surface area contributed by atoms with E-state index in [1.165, 1.54) is 0 Å². The third-order valence-electron chi connectivity index (χ3n) is 3.46. The largest absolute Gasteiger partial charge is 0.443 e. The first kappa shape index (κ1) is 15.8. The molecule has 21 heavy (non-hydrogen) atoms. The van der Waals surface area contributed by atoms with E-state index in [9.17, 15) is 4.79 Å². The minimum atomic E-state index is -0.506. The van der Waals surface area contributed by atoms with Gasteiger partial charge in [0, 0.05) is 6.54 Å². The molecule has 116 valence electrons. The second-order valence-corrected chi connectivity index (χ2v) is 6.41. The molecule has 1 aliphatic heterocycles. The fourth-order valence-electron chi connectivity index (χ4n) is 2.46. The van der Waals surface area contributed by atoms with Gasteiger partial charge in [-0.2, -0.15) is 0 Å². The van der Waals surface area contributed by atoms with Gasteiger partial charge in [-0.05, 0) is 50.8 Å². The molecule has 1 unspecified atom stereocenters. The number of nitrogens with two attached hydrogens (primary N) is 1. The first-order valence-electron chi connectivity index (χ1n) is 7.31. The predicted molar refractivity (Wildman–Crippen MR) is 82.4 cm³/mol. The summed E-state index contributed by atoms with van der Waals surface area (Å²) in [5, 5.41) is 9.15. The number of anilines is 1. The van der Waals surface area contributed by atoms with Crippen molar-refractivity contribution in [2.45, 2.75) is 45.3 Å². The van der Waals surface area contributed by atoms with Crippen LogP contribution in [0.15, 0.2) is 18.2 Å². The molecule has 0 saturated carbocycles. The molecular weight excluding hydrogens is 268 g/mol. The highest BCUT2D eigenvalue weighted by molar-refractivity contribution is 5.89. The summed E-state index contributed by atoms with van der Waals surface area (Å²) < 4.78 is 5.46. The number of aliphatic hydroxyl groups excluding tert-OH is 1. The molecular formula is C16H24N2O3. The number of fused-ring (bicyclic) bond motifs is 1. The minimum Gasteiger partial charge on any atom is -0.443 e. The Morgan fingerprint density at radius 2 is 2.19 bits per heavy atom. The van der Waals surface area contributed by atoms with Crippen LogP contribution < -0.4 is 10.6 Å². The van der Waals surface area contributed by atoms with E-state index < -0.39 is 5.60 Å². The van der Waals surface area contributed by atoms with Crippen molar-refractivity contribution >= 4 is 11.8 Å². The molecule has 0 radical (unpaired) electrons. The fraction of sp³-hybridized carbons (Fsp3) is 0.562. The van der Waals surface area contributed by atoms with Crippen molar-refractivity contribution in [2.75, 3.05) is 18.1 Å². The number of aliphatic hydroxyl groups is 1. The fourth-order valence-corrected chi connectivity index (χ4v) is 2.46. The average Bonchev–Trinajstić information content (AvgIpc) is 2.43. The van der Waals surface area contributed by atoms with Gasteiger partial charge in [-0.15, -0.1) is 0 Å². The molecule has 1 aromatic carbocycles. The van der Waals surface area contributed by atoms with Crippen molar-refractivity contribution in [1.82, 2.24) is 0 Å². The van der Waals surface area contributed by atoms with Crippen LogP contribution in [0.2, 0.25) is 0 Å². The Morgan fingerprint density at radius 1 is 1.48 bits per heavy atom. The van der Waals surface area contributed by atoms with Gasteiger partial charge in [0.1, 0.15) is 5.60 Å². The highest BCUT2D eigenvalue weighted by Crippen LogP contribution is 2.30. The smallest absolute Gasteiger partial charge is 0.414 e. The summed E-state index contributed by atoms with van der Waals surface area (Å²) in [6, 6.07) is 5.35. The molecule has 1 aliphatic rings. The lowest BCUT2D eigenvalue weighted by Gasteiger charge is -2.32. The Kier molecular flexibility index (Phi) is 4.54. The summed E-state index contributed by atoms with van der Waals surface area (Å²) in [4.78, 5) is 14.0. The van der Waals surface area contributed by atoms with Crippen LogP contribution in [0.3, 0.4) is 0 Å². The summed E-state index contributed by atoms with van der Waals surface area (Å²) in [5.41, 5.74) is 8.19. The summed E-state index contributed by atoms with van der Waals surface area (Å²) in [6.07, 6.45) is 1.48. The van der Waals surface area contributed by atoms with Crippen molar-refractivity contribution in [3.05, 3.63) is 29.3 Å². The van der Waals surface area contributed by atoms with Gasteiger partial charge in [-0.25, -0.2) is 4.79 Å². The maximum atomic E-state index is 12.3. The third kappa shape index (κ3) is 3.74. The molecule has 3 N–H and O–H groups in total. The van der Waals surface area contributed by atoms with E-state index in [2.05, 4.69) is 0 Å². The highest BCUT2D eigenvalue weighted by Gasteiger charge is 2.27. The molecule has 2 rings (SSSR count). The number of hydrogen-bond donors (Lipinski definition) is 2. The molecule has 1 atom stereocenters. The van der Waals surface area contributed by atoms with Gasteiger partial charge >= 0.3 is 6.09 Å². The van der Waals surface area contributed by atoms with E-state index in [1.807, 2.05) is 39.0 Å². The Morgan fingerprint density at radius 3 is 2.81 bits per heavy atom. The lowest BCUT2D eigenvalue weighted by Crippen LogP contribution is -2.39. The minimum absolute atomic E-state index is 0.0887. The standard InChI is InChI=1S/C16H24N2O3/c1-16(2,3)21-15(20)18-8-4-5-12-9-11(13(17)10-19)6-7-14(12)18/h6-7,9,13,19H,4-5,8,10,17H2,1-3H3. The van der Waals surface area contributed by atoms with Crippen LogP contribution in [-0.2, 0) is 11.2 Å². The maximum absolute atomic E-state index is 12.3. The molecule has 1 heterocycles. The van der Waals surface area contributed by atoms with Crippen molar-refractivity contribution in [1.29, 1.82) is 0 Å². The highest BCUT2D eigenvalue weighted by atomic mass is 16.6. The average molecular weight is 292 g/mol. The lowest BCUT2D eigenvalue weighted by atomic mass is 9.97. The van der Waals surface area contributed by atoms with Gasteiger partial charge in [-0.1, -0.05) is 12.1 Å². The zero-order valence-corrected chi connectivity index (χ0v) is 12.9. The van der Waals surface area contributed by atoms with Gasteiger partial charge in [0.05, 0.1) is 18.3 Å². The van der Waals surface area contributed by atoms with Crippen molar-refractivity contribution in [3.63, 3.8) is 0 Å². The number of ether oxygens (including phenoxy) is 1. The van der Waals surface area contributed by atoms with Gasteiger partial charge < -0.3 is 15.6 Å². The van der Waals surface area contributed by atoms with E-state index in [0.717, 1.165) is 29.7 Å². The molecule has 1 aromatic rings. The zero-order valence-electron chi connectivity index (χ0n) is 12.9.